The Kier molecular flexibility index (Phi) is 5.85. The van der Waals surface area contributed by atoms with Crippen molar-refractivity contribution in [3.05, 3.63) is 76.7 Å². The molecule has 0 amide bonds. The average molecular weight is 389 g/mol. The molecule has 3 rings (SSSR count). The number of halogens is 2. The second kappa shape index (κ2) is 8.29. The van der Waals surface area contributed by atoms with Crippen molar-refractivity contribution in [3.8, 4) is 0 Å². The Morgan fingerprint density at radius 3 is 2.62 bits per heavy atom. The van der Waals surface area contributed by atoms with Crippen LogP contribution in [0.3, 0.4) is 0 Å². The van der Waals surface area contributed by atoms with Crippen LogP contribution in [0.4, 0.5) is 15.9 Å². The van der Waals surface area contributed by atoms with Crippen molar-refractivity contribution in [2.75, 3.05) is 10.6 Å². The molecule has 0 saturated heterocycles. The summed E-state index contributed by atoms with van der Waals surface area (Å²) in [6, 6.07) is 14.2. The third-order valence-electron chi connectivity index (χ3n) is 3.85. The predicted octanol–water partition coefficient (Wildman–Crippen LogP) is 5.10. The molecule has 1 heterocycles. The van der Waals surface area contributed by atoms with E-state index in [9.17, 15) is 4.39 Å². The maximum absolute atomic E-state index is 13.1. The highest BCUT2D eigenvalue weighted by atomic mass is 35.5. The van der Waals surface area contributed by atoms with Gasteiger partial charge in [-0.05, 0) is 54.0 Å². The van der Waals surface area contributed by atoms with Crippen molar-refractivity contribution >= 4 is 40.4 Å². The van der Waals surface area contributed by atoms with Crippen LogP contribution in [0.1, 0.15) is 18.1 Å². The summed E-state index contributed by atoms with van der Waals surface area (Å²) in [5.41, 5.74) is 2.98. The number of thiocarbonyl (C=S) groups is 1. The molecule has 4 nitrogen and oxygen atoms in total. The van der Waals surface area contributed by atoms with E-state index in [1.54, 1.807) is 16.9 Å². The van der Waals surface area contributed by atoms with Gasteiger partial charge in [-0.25, -0.2) is 4.39 Å². The van der Waals surface area contributed by atoms with Gasteiger partial charge < -0.3 is 10.6 Å². The van der Waals surface area contributed by atoms with Crippen molar-refractivity contribution in [1.82, 2.24) is 9.78 Å². The molecule has 0 bridgehead atoms. The summed E-state index contributed by atoms with van der Waals surface area (Å²) < 4.78 is 14.8. The van der Waals surface area contributed by atoms with Crippen LogP contribution < -0.4 is 10.6 Å². The van der Waals surface area contributed by atoms with Crippen LogP contribution in [0, 0.1) is 5.82 Å². The molecule has 3 aromatic rings. The first-order valence-corrected chi connectivity index (χ1v) is 8.96. The van der Waals surface area contributed by atoms with Crippen LogP contribution in [0.25, 0.3) is 0 Å². The van der Waals surface area contributed by atoms with E-state index >= 15 is 0 Å². The van der Waals surface area contributed by atoms with Crippen LogP contribution in [0.5, 0.6) is 0 Å². The number of nitrogens with zero attached hydrogens (tertiary/aromatic N) is 2. The zero-order valence-corrected chi connectivity index (χ0v) is 15.7. The fourth-order valence-electron chi connectivity index (χ4n) is 2.44. The van der Waals surface area contributed by atoms with Gasteiger partial charge >= 0.3 is 0 Å². The van der Waals surface area contributed by atoms with Gasteiger partial charge in [0.1, 0.15) is 5.82 Å². The number of aryl methyl sites for hydroxylation is 1. The molecule has 0 atom stereocenters. The van der Waals surface area contributed by atoms with Crippen molar-refractivity contribution < 1.29 is 4.39 Å². The predicted molar refractivity (Wildman–Crippen MR) is 108 cm³/mol. The first-order valence-electron chi connectivity index (χ1n) is 8.18. The van der Waals surface area contributed by atoms with Crippen molar-refractivity contribution in [1.29, 1.82) is 0 Å². The van der Waals surface area contributed by atoms with E-state index in [1.807, 2.05) is 18.2 Å². The Morgan fingerprint density at radius 2 is 1.92 bits per heavy atom. The van der Waals surface area contributed by atoms with E-state index in [0.717, 1.165) is 17.7 Å². The van der Waals surface area contributed by atoms with E-state index in [0.29, 0.717) is 22.5 Å². The number of benzene rings is 2. The van der Waals surface area contributed by atoms with Crippen LogP contribution in [0.15, 0.2) is 54.7 Å². The quantitative estimate of drug-likeness (QED) is 0.597. The molecule has 0 fully saturated rings. The highest BCUT2D eigenvalue weighted by Crippen LogP contribution is 2.18. The molecule has 2 aromatic carbocycles. The van der Waals surface area contributed by atoms with Gasteiger partial charge in [-0.1, -0.05) is 36.7 Å². The van der Waals surface area contributed by atoms with Gasteiger partial charge in [0, 0.05) is 23.0 Å². The standard InChI is InChI=1S/C19H18ClFN4S/c1-2-13-3-7-16(8-4-13)22-19(26)23-18-9-10-25(24-18)12-14-5-6-15(21)11-17(14)20/h3-11H,2,12H2,1H3,(H2,22,23,24,26). The Bertz CT molecular complexity index is 908. The molecule has 134 valence electrons. The minimum atomic E-state index is -0.357. The van der Waals surface area contributed by atoms with E-state index in [2.05, 4.69) is 34.8 Å². The SMILES string of the molecule is CCc1ccc(NC(=S)Nc2ccn(Cc3ccc(F)cc3Cl)n2)cc1. The van der Waals surface area contributed by atoms with Crippen molar-refractivity contribution in [2.45, 2.75) is 19.9 Å². The largest absolute Gasteiger partial charge is 0.332 e. The van der Waals surface area contributed by atoms with E-state index in [4.69, 9.17) is 23.8 Å². The van der Waals surface area contributed by atoms with Gasteiger partial charge in [-0.2, -0.15) is 5.10 Å². The molecular weight excluding hydrogens is 371 g/mol. The van der Waals surface area contributed by atoms with Gasteiger partial charge in [0.15, 0.2) is 10.9 Å². The van der Waals surface area contributed by atoms with Gasteiger partial charge in [0.05, 0.1) is 6.54 Å². The lowest BCUT2D eigenvalue weighted by Crippen LogP contribution is -2.19. The number of hydrogen-bond acceptors (Lipinski definition) is 2. The lowest BCUT2D eigenvalue weighted by molar-refractivity contribution is 0.624. The summed E-state index contributed by atoms with van der Waals surface area (Å²) in [6.45, 7) is 2.56. The van der Waals surface area contributed by atoms with Crippen LogP contribution in [0.2, 0.25) is 5.02 Å². The molecule has 0 unspecified atom stereocenters. The summed E-state index contributed by atoms with van der Waals surface area (Å²) in [5, 5.41) is 11.4. The summed E-state index contributed by atoms with van der Waals surface area (Å²) in [4.78, 5) is 0. The molecule has 26 heavy (non-hydrogen) atoms. The fraction of sp³-hybridized carbons (Fsp3) is 0.158. The van der Waals surface area contributed by atoms with Gasteiger partial charge in [0.25, 0.3) is 0 Å². The van der Waals surface area contributed by atoms with E-state index in [-0.39, 0.29) is 5.82 Å². The average Bonchev–Trinajstić information content (AvgIpc) is 3.05. The minimum absolute atomic E-state index is 0.357. The highest BCUT2D eigenvalue weighted by Gasteiger charge is 2.06. The van der Waals surface area contributed by atoms with Gasteiger partial charge in [-0.15, -0.1) is 0 Å². The lowest BCUT2D eigenvalue weighted by atomic mass is 10.1. The van der Waals surface area contributed by atoms with Crippen LogP contribution >= 0.6 is 23.8 Å². The van der Waals surface area contributed by atoms with Crippen molar-refractivity contribution in [3.63, 3.8) is 0 Å². The summed E-state index contributed by atoms with van der Waals surface area (Å²) in [7, 11) is 0. The number of nitrogens with one attached hydrogen (secondary N) is 2. The maximum Gasteiger partial charge on any atom is 0.176 e. The first-order chi connectivity index (χ1) is 12.5. The third kappa shape index (κ3) is 4.80. The molecule has 0 aliphatic rings. The lowest BCUT2D eigenvalue weighted by Gasteiger charge is -2.09. The molecule has 1 aromatic heterocycles. The van der Waals surface area contributed by atoms with Gasteiger partial charge in [0.2, 0.25) is 0 Å². The summed E-state index contributed by atoms with van der Waals surface area (Å²) in [6.07, 6.45) is 2.80. The maximum atomic E-state index is 13.1. The Hall–Kier alpha value is -2.44. The zero-order chi connectivity index (χ0) is 18.5. The van der Waals surface area contributed by atoms with Crippen molar-refractivity contribution in [2.24, 2.45) is 0 Å². The molecule has 2 N–H and O–H groups in total. The topological polar surface area (TPSA) is 41.9 Å². The molecule has 7 heteroatoms. The number of rotatable bonds is 5. The number of hydrogen-bond donors (Lipinski definition) is 2. The molecule has 0 radical (unpaired) electrons. The van der Waals surface area contributed by atoms with Crippen LogP contribution in [-0.2, 0) is 13.0 Å². The Morgan fingerprint density at radius 1 is 1.15 bits per heavy atom. The van der Waals surface area contributed by atoms with E-state index < -0.39 is 0 Å². The monoisotopic (exact) mass is 388 g/mol. The highest BCUT2D eigenvalue weighted by molar-refractivity contribution is 7.80. The molecule has 0 saturated carbocycles. The smallest absolute Gasteiger partial charge is 0.176 e. The fourth-order valence-corrected chi connectivity index (χ4v) is 2.89. The Balaban J connectivity index is 1.59. The summed E-state index contributed by atoms with van der Waals surface area (Å²) >= 11 is 11.4. The normalized spacial score (nSPS) is 10.6. The van der Waals surface area contributed by atoms with Crippen LogP contribution in [-0.4, -0.2) is 14.9 Å². The minimum Gasteiger partial charge on any atom is -0.332 e. The number of anilines is 2. The zero-order valence-electron chi connectivity index (χ0n) is 14.2. The molecule has 0 aliphatic heterocycles. The molecule has 0 aliphatic carbocycles. The second-order valence-electron chi connectivity index (χ2n) is 5.76. The number of aromatic nitrogens is 2. The summed E-state index contributed by atoms with van der Waals surface area (Å²) in [5.74, 6) is 0.260. The van der Waals surface area contributed by atoms with E-state index in [1.165, 1.54) is 17.7 Å². The first kappa shape index (κ1) is 18.4. The third-order valence-corrected chi connectivity index (χ3v) is 4.41. The second-order valence-corrected chi connectivity index (χ2v) is 6.58. The van der Waals surface area contributed by atoms with Gasteiger partial charge in [-0.3, -0.25) is 4.68 Å². The molecule has 0 spiro atoms. The Labute approximate surface area is 162 Å². The molecular formula is C19H18ClFN4S.